The molecule has 0 aliphatic heterocycles. The first kappa shape index (κ1) is 11.1. The maximum absolute atomic E-state index is 10.9. The predicted molar refractivity (Wildman–Crippen MR) is 59.0 cm³/mol. The van der Waals surface area contributed by atoms with Gasteiger partial charge in [0.05, 0.1) is 0 Å². The van der Waals surface area contributed by atoms with Crippen LogP contribution in [0.25, 0.3) is 0 Å². The third-order valence-electron chi connectivity index (χ3n) is 3.42. The monoisotopic (exact) mass is 221 g/mol. The zero-order chi connectivity index (χ0) is 11.8. The maximum Gasteiger partial charge on any atom is 0.333 e. The van der Waals surface area contributed by atoms with Crippen LogP contribution in [0.5, 0.6) is 0 Å². The second-order valence-electron chi connectivity index (χ2n) is 4.43. The van der Waals surface area contributed by atoms with E-state index in [9.17, 15) is 9.90 Å². The van der Waals surface area contributed by atoms with E-state index in [1.807, 2.05) is 24.3 Å². The van der Waals surface area contributed by atoms with Crippen molar-refractivity contribution in [2.45, 2.75) is 18.9 Å². The Bertz CT molecular complexity index is 391. The first-order valence-electron chi connectivity index (χ1n) is 5.27. The van der Waals surface area contributed by atoms with Crippen LogP contribution in [0.2, 0.25) is 0 Å². The Balaban J connectivity index is 2.33. The number of fused-ring (bicyclic) bond motifs is 1. The fourth-order valence-corrected chi connectivity index (χ4v) is 2.43. The summed E-state index contributed by atoms with van der Waals surface area (Å²) >= 11 is 0. The van der Waals surface area contributed by atoms with Gasteiger partial charge in [0, 0.05) is 12.0 Å². The van der Waals surface area contributed by atoms with Crippen molar-refractivity contribution in [1.29, 1.82) is 0 Å². The highest BCUT2D eigenvalue weighted by atomic mass is 16.4. The van der Waals surface area contributed by atoms with Crippen molar-refractivity contribution >= 4 is 5.97 Å². The zero-order valence-electron chi connectivity index (χ0n) is 8.89. The summed E-state index contributed by atoms with van der Waals surface area (Å²) in [5.74, 6) is -1.20. The number of benzene rings is 1. The van der Waals surface area contributed by atoms with Gasteiger partial charge in [-0.3, -0.25) is 0 Å². The van der Waals surface area contributed by atoms with Crippen LogP contribution in [0.3, 0.4) is 0 Å². The number of carboxylic acid groups (broad SMARTS) is 1. The maximum atomic E-state index is 10.9. The van der Waals surface area contributed by atoms with Crippen molar-refractivity contribution in [2.75, 3.05) is 6.54 Å². The smallest absolute Gasteiger partial charge is 0.333 e. The zero-order valence-corrected chi connectivity index (χ0v) is 8.89. The fraction of sp³-hybridized carbons (Fsp3) is 0.417. The third kappa shape index (κ3) is 1.60. The van der Waals surface area contributed by atoms with Gasteiger partial charge in [-0.05, 0) is 24.0 Å². The van der Waals surface area contributed by atoms with Gasteiger partial charge in [0.15, 0.2) is 6.10 Å². The van der Waals surface area contributed by atoms with Gasteiger partial charge >= 0.3 is 5.97 Å². The van der Waals surface area contributed by atoms with Crippen LogP contribution in [-0.4, -0.2) is 28.8 Å². The summed E-state index contributed by atoms with van der Waals surface area (Å²) in [6.45, 7) is 0.176. The minimum absolute atomic E-state index is 0.176. The lowest BCUT2D eigenvalue weighted by molar-refractivity contribution is -0.153. The predicted octanol–water partition coefficient (Wildman–Crippen LogP) is 0.176. The minimum Gasteiger partial charge on any atom is -0.479 e. The number of carboxylic acids is 1. The first-order chi connectivity index (χ1) is 7.59. The lowest BCUT2D eigenvalue weighted by Crippen LogP contribution is -2.47. The number of aliphatic hydroxyl groups is 1. The molecule has 1 aliphatic rings. The largest absolute Gasteiger partial charge is 0.479 e. The molecule has 4 N–H and O–H groups in total. The van der Waals surface area contributed by atoms with Crippen molar-refractivity contribution in [3.63, 3.8) is 0 Å². The normalized spacial score (nSPS) is 19.1. The average molecular weight is 221 g/mol. The highest BCUT2D eigenvalue weighted by Crippen LogP contribution is 2.39. The molecule has 86 valence electrons. The summed E-state index contributed by atoms with van der Waals surface area (Å²) in [5, 5.41) is 18.7. The van der Waals surface area contributed by atoms with Crippen molar-refractivity contribution < 1.29 is 15.0 Å². The van der Waals surface area contributed by atoms with Crippen molar-refractivity contribution in [3.8, 4) is 0 Å². The number of hydrogen-bond donors (Lipinski definition) is 3. The summed E-state index contributed by atoms with van der Waals surface area (Å²) < 4.78 is 0. The van der Waals surface area contributed by atoms with E-state index >= 15 is 0 Å². The molecular formula is C12H15NO3. The standard InChI is InChI=1S/C12H15NO3/c13-7-12(10(14)11(15)16)5-8-3-1-2-4-9(8)6-12/h1-4,10,14H,5-7,13H2,(H,15,16). The van der Waals surface area contributed by atoms with E-state index in [0.29, 0.717) is 12.8 Å². The molecule has 0 bridgehead atoms. The van der Waals surface area contributed by atoms with Gasteiger partial charge < -0.3 is 15.9 Å². The number of carbonyl (C=O) groups is 1. The van der Waals surface area contributed by atoms with Crippen LogP contribution in [0.4, 0.5) is 0 Å². The summed E-state index contributed by atoms with van der Waals surface area (Å²) in [6.07, 6.45) is -0.329. The van der Waals surface area contributed by atoms with Gasteiger partial charge in [-0.2, -0.15) is 0 Å². The Morgan fingerprint density at radius 3 is 2.25 bits per heavy atom. The second kappa shape index (κ2) is 3.88. The van der Waals surface area contributed by atoms with Crippen LogP contribution in [0.1, 0.15) is 11.1 Å². The first-order valence-corrected chi connectivity index (χ1v) is 5.27. The second-order valence-corrected chi connectivity index (χ2v) is 4.43. The number of nitrogens with two attached hydrogens (primary N) is 1. The molecule has 16 heavy (non-hydrogen) atoms. The molecule has 0 aromatic heterocycles. The SMILES string of the molecule is NCC1(C(O)C(=O)O)Cc2ccccc2C1. The molecule has 0 spiro atoms. The lowest BCUT2D eigenvalue weighted by atomic mass is 9.79. The highest BCUT2D eigenvalue weighted by molar-refractivity contribution is 5.73. The molecule has 0 amide bonds. The minimum atomic E-state index is -1.40. The van der Waals surface area contributed by atoms with Gasteiger partial charge in [0.25, 0.3) is 0 Å². The van der Waals surface area contributed by atoms with Gasteiger partial charge in [0.1, 0.15) is 0 Å². The van der Waals surface area contributed by atoms with E-state index in [4.69, 9.17) is 10.8 Å². The van der Waals surface area contributed by atoms with E-state index in [-0.39, 0.29) is 6.54 Å². The van der Waals surface area contributed by atoms with Crippen molar-refractivity contribution in [3.05, 3.63) is 35.4 Å². The number of hydrogen-bond acceptors (Lipinski definition) is 3. The Morgan fingerprint density at radius 1 is 1.38 bits per heavy atom. The molecule has 1 aliphatic carbocycles. The summed E-state index contributed by atoms with van der Waals surface area (Å²) in [7, 11) is 0. The molecule has 4 heteroatoms. The Morgan fingerprint density at radius 2 is 1.88 bits per heavy atom. The third-order valence-corrected chi connectivity index (χ3v) is 3.42. The van der Waals surface area contributed by atoms with Crippen LogP contribution in [0, 0.1) is 5.41 Å². The molecule has 0 radical (unpaired) electrons. The Kier molecular flexibility index (Phi) is 2.69. The van der Waals surface area contributed by atoms with Crippen LogP contribution in [0.15, 0.2) is 24.3 Å². The Hall–Kier alpha value is -1.39. The van der Waals surface area contributed by atoms with E-state index in [0.717, 1.165) is 11.1 Å². The molecule has 1 atom stereocenters. The topological polar surface area (TPSA) is 83.5 Å². The molecule has 4 nitrogen and oxygen atoms in total. The molecule has 0 saturated heterocycles. The van der Waals surface area contributed by atoms with E-state index < -0.39 is 17.5 Å². The fourth-order valence-electron chi connectivity index (χ4n) is 2.43. The van der Waals surface area contributed by atoms with Gasteiger partial charge in [-0.25, -0.2) is 4.79 Å². The molecule has 0 saturated carbocycles. The van der Waals surface area contributed by atoms with Gasteiger partial charge in [-0.15, -0.1) is 0 Å². The van der Waals surface area contributed by atoms with Crippen LogP contribution < -0.4 is 5.73 Å². The number of aliphatic carboxylic acids is 1. The summed E-state index contributed by atoms with van der Waals surface area (Å²) in [6, 6.07) is 7.75. The number of rotatable bonds is 3. The quantitative estimate of drug-likeness (QED) is 0.679. The molecule has 0 heterocycles. The van der Waals surface area contributed by atoms with Crippen LogP contribution in [-0.2, 0) is 17.6 Å². The molecule has 1 unspecified atom stereocenters. The van der Waals surface area contributed by atoms with Crippen molar-refractivity contribution in [1.82, 2.24) is 0 Å². The summed E-state index contributed by atoms with van der Waals surface area (Å²) in [4.78, 5) is 10.9. The average Bonchev–Trinajstić information content (AvgIpc) is 2.67. The van der Waals surface area contributed by atoms with E-state index in [1.54, 1.807) is 0 Å². The van der Waals surface area contributed by atoms with Crippen LogP contribution >= 0.6 is 0 Å². The summed E-state index contributed by atoms with van der Waals surface area (Å²) in [5.41, 5.74) is 7.10. The van der Waals surface area contributed by atoms with E-state index in [2.05, 4.69) is 0 Å². The van der Waals surface area contributed by atoms with Gasteiger partial charge in [0.2, 0.25) is 0 Å². The van der Waals surface area contributed by atoms with E-state index in [1.165, 1.54) is 0 Å². The highest BCUT2D eigenvalue weighted by Gasteiger charge is 2.45. The molecule has 2 rings (SSSR count). The lowest BCUT2D eigenvalue weighted by Gasteiger charge is -2.30. The van der Waals surface area contributed by atoms with Gasteiger partial charge in [-0.1, -0.05) is 24.3 Å². The molecule has 1 aromatic rings. The molecular weight excluding hydrogens is 206 g/mol. The number of aliphatic hydroxyl groups excluding tert-OH is 1. The van der Waals surface area contributed by atoms with Crippen molar-refractivity contribution in [2.24, 2.45) is 11.1 Å². The molecule has 0 fully saturated rings. The Labute approximate surface area is 93.7 Å². The molecule has 1 aromatic carbocycles.